The van der Waals surface area contributed by atoms with Crippen molar-refractivity contribution in [1.82, 2.24) is 14.9 Å². The zero-order valence-corrected chi connectivity index (χ0v) is 15.5. The number of nitrogens with one attached hydrogen (secondary N) is 1. The number of imidazole rings is 1. The minimum Gasteiger partial charge on any atom is -0.347 e. The lowest BCUT2D eigenvalue weighted by Gasteiger charge is -2.12. The van der Waals surface area contributed by atoms with Crippen molar-refractivity contribution in [2.45, 2.75) is 19.9 Å². The van der Waals surface area contributed by atoms with Crippen LogP contribution in [0.2, 0.25) is 0 Å². The Bertz CT molecular complexity index is 956. The minimum atomic E-state index is -0.171. The first-order valence-electron chi connectivity index (χ1n) is 8.87. The molecule has 0 atom stereocenters. The van der Waals surface area contributed by atoms with Crippen LogP contribution in [0.25, 0.3) is 17.1 Å². The molecule has 0 bridgehead atoms. The molecule has 0 unspecified atom stereocenters. The summed E-state index contributed by atoms with van der Waals surface area (Å²) in [6, 6.07) is 20.2. The third kappa shape index (κ3) is 4.06. The molecule has 0 fully saturated rings. The Hall–Kier alpha value is -3.40. The molecule has 0 aliphatic carbocycles. The van der Waals surface area contributed by atoms with Crippen molar-refractivity contribution < 1.29 is 4.79 Å². The van der Waals surface area contributed by atoms with E-state index >= 15 is 0 Å². The minimum absolute atomic E-state index is 0.171. The molecule has 0 saturated carbocycles. The van der Waals surface area contributed by atoms with Crippen molar-refractivity contribution in [2.24, 2.45) is 0 Å². The Morgan fingerprint density at radius 3 is 2.33 bits per heavy atom. The lowest BCUT2D eigenvalue weighted by molar-refractivity contribution is -0.117. The van der Waals surface area contributed by atoms with Gasteiger partial charge in [-0.15, -0.1) is 6.58 Å². The molecule has 0 aliphatic heterocycles. The predicted molar refractivity (Wildman–Crippen MR) is 110 cm³/mol. The summed E-state index contributed by atoms with van der Waals surface area (Å²) in [6.45, 7) is 9.62. The topological polar surface area (TPSA) is 46.9 Å². The van der Waals surface area contributed by atoms with Crippen molar-refractivity contribution in [2.75, 3.05) is 0 Å². The largest absolute Gasteiger partial charge is 0.347 e. The van der Waals surface area contributed by atoms with Crippen molar-refractivity contribution >= 4 is 5.91 Å². The molecule has 0 radical (unpaired) electrons. The number of hydrogen-bond acceptors (Lipinski definition) is 2. The Labute approximate surface area is 159 Å². The highest BCUT2D eigenvalue weighted by atomic mass is 16.1. The first kappa shape index (κ1) is 18.4. The smallest absolute Gasteiger partial charge is 0.246 e. The molecule has 0 saturated heterocycles. The van der Waals surface area contributed by atoms with Crippen molar-refractivity contribution in [3.05, 3.63) is 96.9 Å². The zero-order chi connectivity index (χ0) is 19.2. The highest BCUT2D eigenvalue weighted by Crippen LogP contribution is 2.27. The average Bonchev–Trinajstić information content (AvgIpc) is 3.06. The van der Waals surface area contributed by atoms with Gasteiger partial charge in [-0.25, -0.2) is 4.98 Å². The molecule has 3 rings (SSSR count). The maximum atomic E-state index is 12.0. The van der Waals surface area contributed by atoms with E-state index in [1.165, 1.54) is 0 Å². The fourth-order valence-electron chi connectivity index (χ4n) is 2.94. The van der Waals surface area contributed by atoms with Gasteiger partial charge in [0.15, 0.2) is 0 Å². The van der Waals surface area contributed by atoms with Crippen LogP contribution in [-0.4, -0.2) is 15.5 Å². The van der Waals surface area contributed by atoms with E-state index in [1.54, 1.807) is 6.92 Å². The number of nitrogens with zero attached hydrogens (tertiary/aromatic N) is 2. The van der Waals surface area contributed by atoms with Crippen LogP contribution >= 0.6 is 0 Å². The summed E-state index contributed by atoms with van der Waals surface area (Å²) >= 11 is 0. The Kier molecular flexibility index (Phi) is 5.67. The second kappa shape index (κ2) is 8.32. The van der Waals surface area contributed by atoms with E-state index in [4.69, 9.17) is 4.98 Å². The van der Waals surface area contributed by atoms with E-state index in [9.17, 15) is 4.79 Å². The van der Waals surface area contributed by atoms with E-state index in [0.29, 0.717) is 18.5 Å². The van der Waals surface area contributed by atoms with Gasteiger partial charge in [-0.1, -0.05) is 61.2 Å². The number of carbonyl (C=O) groups excluding carboxylic acids is 1. The summed E-state index contributed by atoms with van der Waals surface area (Å²) in [5.74, 6) is 0.674. The van der Waals surface area contributed by atoms with Crippen LogP contribution in [-0.2, 0) is 17.8 Å². The van der Waals surface area contributed by atoms with Gasteiger partial charge in [-0.3, -0.25) is 9.36 Å². The maximum Gasteiger partial charge on any atom is 0.246 e. The molecule has 1 amide bonds. The summed E-state index contributed by atoms with van der Waals surface area (Å²) in [7, 11) is 0. The first-order valence-corrected chi connectivity index (χ1v) is 8.87. The van der Waals surface area contributed by atoms with E-state index in [1.807, 2.05) is 54.6 Å². The number of rotatable bonds is 7. The summed E-state index contributed by atoms with van der Waals surface area (Å²) in [4.78, 5) is 16.8. The summed E-state index contributed by atoms with van der Waals surface area (Å²) < 4.78 is 2.14. The van der Waals surface area contributed by atoms with Crippen LogP contribution < -0.4 is 5.32 Å². The fourth-order valence-corrected chi connectivity index (χ4v) is 2.94. The molecule has 1 aromatic heterocycles. The molecule has 3 aromatic rings. The molecule has 0 aliphatic rings. The van der Waals surface area contributed by atoms with Crippen LogP contribution in [0.4, 0.5) is 0 Å². The molecule has 1 heterocycles. The lowest BCUT2D eigenvalue weighted by atomic mass is 10.2. The van der Waals surface area contributed by atoms with E-state index in [2.05, 4.69) is 35.2 Å². The SMILES string of the molecule is C=CCc1c(CNC(=O)C(=C)C)nc(-c2ccccc2)n1-c1ccccc1. The number of para-hydroxylation sites is 1. The highest BCUT2D eigenvalue weighted by Gasteiger charge is 2.19. The molecule has 1 N–H and O–H groups in total. The van der Waals surface area contributed by atoms with Gasteiger partial charge in [0.2, 0.25) is 5.91 Å². The van der Waals surface area contributed by atoms with Gasteiger partial charge in [0.05, 0.1) is 17.9 Å². The molecule has 2 aromatic carbocycles. The molecule has 0 spiro atoms. The van der Waals surface area contributed by atoms with Crippen molar-refractivity contribution in [1.29, 1.82) is 0 Å². The van der Waals surface area contributed by atoms with E-state index < -0.39 is 0 Å². The van der Waals surface area contributed by atoms with E-state index in [-0.39, 0.29) is 5.91 Å². The standard InChI is InChI=1S/C23H23N3O/c1-4-11-21-20(16-24-23(27)17(2)3)25-22(18-12-7-5-8-13-18)26(21)19-14-9-6-10-15-19/h4-10,12-15H,1-2,11,16H2,3H3,(H,24,27). The van der Waals surface area contributed by atoms with Crippen molar-refractivity contribution in [3.63, 3.8) is 0 Å². The van der Waals surface area contributed by atoms with Gasteiger partial charge in [0, 0.05) is 23.2 Å². The van der Waals surface area contributed by atoms with Gasteiger partial charge in [0.25, 0.3) is 0 Å². The zero-order valence-electron chi connectivity index (χ0n) is 15.5. The quantitative estimate of drug-likeness (QED) is 0.501. The Morgan fingerprint density at radius 2 is 1.74 bits per heavy atom. The second-order valence-electron chi connectivity index (χ2n) is 6.32. The summed E-state index contributed by atoms with van der Waals surface area (Å²) in [5.41, 5.74) is 4.36. The summed E-state index contributed by atoms with van der Waals surface area (Å²) in [5, 5.41) is 2.89. The molecule has 27 heavy (non-hydrogen) atoms. The average molecular weight is 357 g/mol. The maximum absolute atomic E-state index is 12.0. The predicted octanol–water partition coefficient (Wildman–Crippen LogP) is 4.46. The van der Waals surface area contributed by atoms with Gasteiger partial charge >= 0.3 is 0 Å². The van der Waals surface area contributed by atoms with Crippen LogP contribution in [0.5, 0.6) is 0 Å². The fraction of sp³-hybridized carbons (Fsp3) is 0.130. The van der Waals surface area contributed by atoms with Gasteiger partial charge < -0.3 is 5.32 Å². The normalized spacial score (nSPS) is 10.4. The van der Waals surface area contributed by atoms with E-state index in [0.717, 1.165) is 28.5 Å². The first-order chi connectivity index (χ1) is 13.1. The Morgan fingerprint density at radius 1 is 1.11 bits per heavy atom. The van der Waals surface area contributed by atoms with Gasteiger partial charge in [-0.2, -0.15) is 0 Å². The number of aromatic nitrogens is 2. The number of carbonyl (C=O) groups is 1. The third-order valence-corrected chi connectivity index (χ3v) is 4.24. The second-order valence-corrected chi connectivity index (χ2v) is 6.32. The molecule has 4 nitrogen and oxygen atoms in total. The molecular weight excluding hydrogens is 334 g/mol. The number of allylic oxidation sites excluding steroid dienone is 1. The molecule has 136 valence electrons. The van der Waals surface area contributed by atoms with Gasteiger partial charge in [-0.05, 0) is 19.1 Å². The van der Waals surface area contributed by atoms with Crippen molar-refractivity contribution in [3.8, 4) is 17.1 Å². The monoisotopic (exact) mass is 357 g/mol. The molecule has 4 heteroatoms. The van der Waals surface area contributed by atoms with Crippen LogP contribution in [0.1, 0.15) is 18.3 Å². The summed E-state index contributed by atoms with van der Waals surface area (Å²) in [6.07, 6.45) is 2.50. The number of benzene rings is 2. The van der Waals surface area contributed by atoms with Crippen LogP contribution in [0, 0.1) is 0 Å². The Balaban J connectivity index is 2.14. The van der Waals surface area contributed by atoms with Crippen LogP contribution in [0.3, 0.4) is 0 Å². The highest BCUT2D eigenvalue weighted by molar-refractivity contribution is 5.92. The molecular formula is C23H23N3O. The van der Waals surface area contributed by atoms with Gasteiger partial charge in [0.1, 0.15) is 5.82 Å². The van der Waals surface area contributed by atoms with Crippen LogP contribution in [0.15, 0.2) is 85.5 Å². The lowest BCUT2D eigenvalue weighted by Crippen LogP contribution is -2.23. The third-order valence-electron chi connectivity index (χ3n) is 4.24. The number of hydrogen-bond donors (Lipinski definition) is 1. The number of amides is 1.